The van der Waals surface area contributed by atoms with Gasteiger partial charge in [-0.25, -0.2) is 9.50 Å². The monoisotopic (exact) mass is 250 g/mol. The van der Waals surface area contributed by atoms with Gasteiger partial charge in [-0.15, -0.1) is 0 Å². The van der Waals surface area contributed by atoms with Gasteiger partial charge < -0.3 is 20.7 Å². The molecule has 4 N–H and O–H groups in total. The minimum atomic E-state index is -0.656. The topological polar surface area (TPSA) is 106 Å². The predicted octanol–water partition coefficient (Wildman–Crippen LogP) is -0.505. The second kappa shape index (κ2) is 4.20. The molecule has 7 nitrogen and oxygen atoms in total. The van der Waals surface area contributed by atoms with Crippen molar-refractivity contribution in [3.05, 3.63) is 24.2 Å². The fraction of sp³-hybridized carbons (Fsp3) is 0.455. The Morgan fingerprint density at radius 2 is 2.33 bits per heavy atom. The molecule has 3 rings (SSSR count). The van der Waals surface area contributed by atoms with Crippen LogP contribution in [-0.4, -0.2) is 43.6 Å². The largest absolute Gasteiger partial charge is 0.394 e. The molecule has 1 aliphatic rings. The number of hydrogen-bond donors (Lipinski definition) is 3. The van der Waals surface area contributed by atoms with E-state index in [0.29, 0.717) is 23.4 Å². The zero-order chi connectivity index (χ0) is 12.7. The van der Waals surface area contributed by atoms with E-state index in [1.54, 1.807) is 16.6 Å². The number of aliphatic hydroxyl groups is 2. The maximum Gasteiger partial charge on any atom is 0.151 e. The van der Waals surface area contributed by atoms with Crippen molar-refractivity contribution >= 4 is 11.3 Å². The number of aromatic nitrogens is 3. The van der Waals surface area contributed by atoms with Crippen molar-refractivity contribution in [2.75, 3.05) is 12.3 Å². The zero-order valence-corrected chi connectivity index (χ0v) is 9.60. The van der Waals surface area contributed by atoms with Crippen molar-refractivity contribution in [1.29, 1.82) is 0 Å². The molecule has 0 saturated carbocycles. The molecule has 3 unspecified atom stereocenters. The maximum absolute atomic E-state index is 9.97. The summed E-state index contributed by atoms with van der Waals surface area (Å²) in [5, 5.41) is 23.1. The van der Waals surface area contributed by atoms with Crippen molar-refractivity contribution < 1.29 is 14.9 Å². The molecule has 1 saturated heterocycles. The first-order chi connectivity index (χ1) is 8.70. The maximum atomic E-state index is 9.97. The average Bonchev–Trinajstić information content (AvgIpc) is 2.93. The molecule has 1 aliphatic heterocycles. The van der Waals surface area contributed by atoms with E-state index in [9.17, 15) is 5.11 Å². The summed E-state index contributed by atoms with van der Waals surface area (Å²) >= 11 is 0. The van der Waals surface area contributed by atoms with Crippen molar-refractivity contribution in [1.82, 2.24) is 14.6 Å². The smallest absolute Gasteiger partial charge is 0.151 e. The van der Waals surface area contributed by atoms with Gasteiger partial charge in [-0.2, -0.15) is 5.10 Å². The van der Waals surface area contributed by atoms with E-state index in [2.05, 4.69) is 10.1 Å². The quantitative estimate of drug-likeness (QED) is 0.663. The van der Waals surface area contributed by atoms with Gasteiger partial charge in [0, 0.05) is 6.42 Å². The second-order valence-corrected chi connectivity index (χ2v) is 4.36. The SMILES string of the molecule is Nc1ncnn2c(C3OC(CO)CC3O)ccc12. The molecule has 0 amide bonds. The Labute approximate surface area is 103 Å². The third-order valence-corrected chi connectivity index (χ3v) is 3.20. The second-order valence-electron chi connectivity index (χ2n) is 4.36. The standard InChI is InChI=1S/C11H14N4O3/c12-11-8-2-1-7(15(8)14-5-13-11)10-9(17)3-6(4-16)18-10/h1-2,5-6,9-10,16-17H,3-4H2,(H2,12,13,14). The lowest BCUT2D eigenvalue weighted by atomic mass is 10.1. The molecular formula is C11H14N4O3. The van der Waals surface area contributed by atoms with Crippen LogP contribution in [0.25, 0.3) is 5.52 Å². The summed E-state index contributed by atoms with van der Waals surface area (Å²) in [5.74, 6) is 0.377. The van der Waals surface area contributed by atoms with Crippen LogP contribution in [0, 0.1) is 0 Å². The highest BCUT2D eigenvalue weighted by Gasteiger charge is 2.36. The zero-order valence-electron chi connectivity index (χ0n) is 9.60. The molecule has 0 bridgehead atoms. The molecule has 2 aromatic heterocycles. The Hall–Kier alpha value is -1.70. The van der Waals surface area contributed by atoms with Gasteiger partial charge in [0.1, 0.15) is 17.9 Å². The van der Waals surface area contributed by atoms with E-state index in [1.807, 2.05) is 0 Å². The lowest BCUT2D eigenvalue weighted by Gasteiger charge is -2.14. The minimum absolute atomic E-state index is 0.103. The van der Waals surface area contributed by atoms with E-state index in [0.717, 1.165) is 0 Å². The summed E-state index contributed by atoms with van der Waals surface area (Å²) in [7, 11) is 0. The number of ether oxygens (including phenoxy) is 1. The molecule has 0 aromatic carbocycles. The Morgan fingerprint density at radius 1 is 1.50 bits per heavy atom. The Balaban J connectivity index is 2.02. The molecular weight excluding hydrogens is 236 g/mol. The van der Waals surface area contributed by atoms with Crippen molar-refractivity contribution in [3.63, 3.8) is 0 Å². The molecule has 96 valence electrons. The third kappa shape index (κ3) is 1.64. The van der Waals surface area contributed by atoms with Crippen LogP contribution < -0.4 is 5.73 Å². The van der Waals surface area contributed by atoms with Crippen molar-refractivity contribution in [2.45, 2.75) is 24.7 Å². The van der Waals surface area contributed by atoms with Crippen LogP contribution in [0.3, 0.4) is 0 Å². The number of nitrogen functional groups attached to an aromatic ring is 1. The van der Waals surface area contributed by atoms with E-state index in [1.165, 1.54) is 6.33 Å². The van der Waals surface area contributed by atoms with Crippen LogP contribution in [-0.2, 0) is 4.74 Å². The first-order valence-electron chi connectivity index (χ1n) is 5.73. The Kier molecular flexibility index (Phi) is 2.66. The van der Waals surface area contributed by atoms with Crippen LogP contribution in [0.15, 0.2) is 18.5 Å². The first-order valence-corrected chi connectivity index (χ1v) is 5.73. The fourth-order valence-electron chi connectivity index (χ4n) is 2.32. The lowest BCUT2D eigenvalue weighted by molar-refractivity contribution is -0.0136. The highest BCUT2D eigenvalue weighted by molar-refractivity contribution is 5.65. The molecule has 3 heterocycles. The predicted molar refractivity (Wildman–Crippen MR) is 62.7 cm³/mol. The number of anilines is 1. The fourth-order valence-corrected chi connectivity index (χ4v) is 2.32. The van der Waals surface area contributed by atoms with E-state index in [4.69, 9.17) is 15.6 Å². The number of nitrogens with zero attached hydrogens (tertiary/aromatic N) is 3. The summed E-state index contributed by atoms with van der Waals surface area (Å²) in [6.07, 6.45) is 0.274. The van der Waals surface area contributed by atoms with E-state index < -0.39 is 12.2 Å². The van der Waals surface area contributed by atoms with Crippen LogP contribution in [0.2, 0.25) is 0 Å². The van der Waals surface area contributed by atoms with Gasteiger partial charge in [0.05, 0.1) is 24.5 Å². The summed E-state index contributed by atoms with van der Waals surface area (Å²) in [6, 6.07) is 3.58. The molecule has 3 atom stereocenters. The molecule has 18 heavy (non-hydrogen) atoms. The van der Waals surface area contributed by atoms with Crippen LogP contribution in [0.1, 0.15) is 18.2 Å². The molecule has 7 heteroatoms. The highest BCUT2D eigenvalue weighted by Crippen LogP contribution is 2.33. The van der Waals surface area contributed by atoms with Crippen LogP contribution >= 0.6 is 0 Å². The van der Waals surface area contributed by atoms with E-state index in [-0.39, 0.29) is 12.7 Å². The lowest BCUT2D eigenvalue weighted by Crippen LogP contribution is -2.15. The van der Waals surface area contributed by atoms with Crippen molar-refractivity contribution in [2.24, 2.45) is 0 Å². The molecule has 1 fully saturated rings. The number of rotatable bonds is 2. The number of hydrogen-bond acceptors (Lipinski definition) is 6. The first kappa shape index (κ1) is 11.4. The summed E-state index contributed by atoms with van der Waals surface area (Å²) in [6.45, 7) is -0.103. The average molecular weight is 250 g/mol. The van der Waals surface area contributed by atoms with E-state index >= 15 is 0 Å². The molecule has 2 aromatic rings. The Bertz CT molecular complexity index is 570. The summed E-state index contributed by atoms with van der Waals surface area (Å²) in [4.78, 5) is 3.90. The van der Waals surface area contributed by atoms with Crippen LogP contribution in [0.4, 0.5) is 5.82 Å². The van der Waals surface area contributed by atoms with Crippen LogP contribution in [0.5, 0.6) is 0 Å². The number of aliphatic hydroxyl groups excluding tert-OH is 2. The van der Waals surface area contributed by atoms with Gasteiger partial charge in [-0.3, -0.25) is 0 Å². The normalized spacial score (nSPS) is 28.0. The van der Waals surface area contributed by atoms with Crippen molar-refractivity contribution in [3.8, 4) is 0 Å². The number of nitrogens with two attached hydrogens (primary N) is 1. The Morgan fingerprint density at radius 3 is 3.06 bits per heavy atom. The van der Waals surface area contributed by atoms with Gasteiger partial charge in [-0.1, -0.05) is 0 Å². The van der Waals surface area contributed by atoms with Gasteiger partial charge in [0.15, 0.2) is 5.82 Å². The third-order valence-electron chi connectivity index (χ3n) is 3.20. The number of fused-ring (bicyclic) bond motifs is 1. The van der Waals surface area contributed by atoms with Gasteiger partial charge in [0.25, 0.3) is 0 Å². The summed E-state index contributed by atoms with van der Waals surface area (Å²) in [5.41, 5.74) is 7.13. The minimum Gasteiger partial charge on any atom is -0.394 e. The van der Waals surface area contributed by atoms with Gasteiger partial charge in [0.2, 0.25) is 0 Å². The van der Waals surface area contributed by atoms with Gasteiger partial charge in [-0.05, 0) is 12.1 Å². The molecule has 0 aliphatic carbocycles. The molecule has 0 radical (unpaired) electrons. The highest BCUT2D eigenvalue weighted by atomic mass is 16.5. The summed E-state index contributed by atoms with van der Waals surface area (Å²) < 4.78 is 7.20. The molecule has 0 spiro atoms. The van der Waals surface area contributed by atoms with Gasteiger partial charge >= 0.3 is 0 Å².